The second-order valence-corrected chi connectivity index (χ2v) is 7.50. The summed E-state index contributed by atoms with van der Waals surface area (Å²) in [5, 5.41) is 10.7. The lowest BCUT2D eigenvalue weighted by Gasteiger charge is -2.55. The van der Waals surface area contributed by atoms with Crippen molar-refractivity contribution in [2.45, 2.75) is 38.9 Å². The zero-order valence-corrected chi connectivity index (χ0v) is 13.7. The Balaban J connectivity index is 1.82. The molecule has 0 saturated carbocycles. The van der Waals surface area contributed by atoms with Crippen LogP contribution in [-0.2, 0) is 14.3 Å². The average Bonchev–Trinajstić information content (AvgIpc) is 3.04. The van der Waals surface area contributed by atoms with Crippen LogP contribution in [0.25, 0.3) is 0 Å². The van der Waals surface area contributed by atoms with Gasteiger partial charge in [0.05, 0.1) is 18.6 Å². The molecule has 0 amide bonds. The maximum Gasteiger partial charge on any atom is 0.334 e. The van der Waals surface area contributed by atoms with Gasteiger partial charge in [-0.3, -0.25) is 4.79 Å². The van der Waals surface area contributed by atoms with Crippen LogP contribution in [0.15, 0.2) is 46.8 Å². The monoisotopic (exact) mass is 328 g/mol. The highest BCUT2D eigenvalue weighted by Gasteiger charge is 2.60. The van der Waals surface area contributed by atoms with Gasteiger partial charge >= 0.3 is 5.97 Å². The number of cyclic esters (lactones) is 1. The van der Waals surface area contributed by atoms with Gasteiger partial charge in [0, 0.05) is 27.9 Å². The lowest BCUT2D eigenvalue weighted by Crippen LogP contribution is -2.57. The van der Waals surface area contributed by atoms with Crippen LogP contribution in [0.2, 0.25) is 0 Å². The first-order valence-corrected chi connectivity index (χ1v) is 8.21. The second kappa shape index (κ2) is 4.93. The number of aliphatic hydroxyl groups excluding tert-OH is 1. The van der Waals surface area contributed by atoms with Crippen LogP contribution in [0.1, 0.15) is 38.4 Å². The van der Waals surface area contributed by atoms with E-state index in [0.717, 1.165) is 5.56 Å². The van der Waals surface area contributed by atoms with Crippen molar-refractivity contribution < 1.29 is 23.8 Å². The number of fused-ring (bicyclic) bond motifs is 3. The largest absolute Gasteiger partial charge is 0.472 e. The van der Waals surface area contributed by atoms with Crippen LogP contribution in [0.4, 0.5) is 0 Å². The van der Waals surface area contributed by atoms with Crippen molar-refractivity contribution in [2.75, 3.05) is 0 Å². The molecule has 1 N–H and O–H groups in total. The number of carbonyl (C=O) groups excluding carboxylic acids is 2. The van der Waals surface area contributed by atoms with E-state index in [2.05, 4.69) is 0 Å². The van der Waals surface area contributed by atoms with Crippen LogP contribution in [-0.4, -0.2) is 23.0 Å². The summed E-state index contributed by atoms with van der Waals surface area (Å²) in [7, 11) is 0. The second-order valence-electron chi connectivity index (χ2n) is 7.50. The van der Waals surface area contributed by atoms with Crippen LogP contribution in [0.3, 0.4) is 0 Å². The van der Waals surface area contributed by atoms with E-state index in [9.17, 15) is 14.7 Å². The van der Waals surface area contributed by atoms with Crippen molar-refractivity contribution in [3.05, 3.63) is 48.0 Å². The third-order valence-electron chi connectivity index (χ3n) is 6.06. The predicted molar refractivity (Wildman–Crippen MR) is 84.7 cm³/mol. The number of furan rings is 1. The number of hydrogen-bond acceptors (Lipinski definition) is 5. The fraction of sp³-hybridized carbons (Fsp3) is 0.474. The van der Waals surface area contributed by atoms with E-state index in [0.29, 0.717) is 18.4 Å². The Labute approximate surface area is 140 Å². The SMILES string of the molecule is CC12CC=C3C(=O)OC(c4ccoc4)CC3(C)C1C(O)C=CC2=O. The molecule has 0 aromatic carbocycles. The molecular weight excluding hydrogens is 308 g/mol. The van der Waals surface area contributed by atoms with Crippen molar-refractivity contribution >= 4 is 11.8 Å². The summed E-state index contributed by atoms with van der Waals surface area (Å²) < 4.78 is 10.7. The maximum atomic E-state index is 12.6. The molecular formula is C19H20O5. The number of ketones is 1. The Morgan fingerprint density at radius 3 is 2.75 bits per heavy atom. The molecule has 5 heteroatoms. The Kier molecular flexibility index (Phi) is 3.16. The number of carbonyl (C=O) groups is 2. The van der Waals surface area contributed by atoms with E-state index in [4.69, 9.17) is 9.15 Å². The number of hydrogen-bond donors (Lipinski definition) is 1. The smallest absolute Gasteiger partial charge is 0.334 e. The molecule has 1 fully saturated rings. The fourth-order valence-electron chi connectivity index (χ4n) is 4.86. The number of ether oxygens (including phenoxy) is 1. The number of esters is 1. The molecule has 1 aliphatic heterocycles. The molecule has 1 aromatic rings. The molecule has 5 atom stereocenters. The molecule has 126 valence electrons. The highest BCUT2D eigenvalue weighted by Crippen LogP contribution is 2.60. The Morgan fingerprint density at radius 1 is 1.25 bits per heavy atom. The van der Waals surface area contributed by atoms with Crippen LogP contribution in [0.5, 0.6) is 0 Å². The summed E-state index contributed by atoms with van der Waals surface area (Å²) in [6, 6.07) is 1.78. The van der Waals surface area contributed by atoms with E-state index < -0.39 is 23.0 Å². The van der Waals surface area contributed by atoms with Gasteiger partial charge in [0.1, 0.15) is 6.10 Å². The van der Waals surface area contributed by atoms with Gasteiger partial charge in [0.2, 0.25) is 0 Å². The number of aliphatic hydroxyl groups is 1. The summed E-state index contributed by atoms with van der Waals surface area (Å²) in [5.74, 6) is -0.718. The van der Waals surface area contributed by atoms with Crippen LogP contribution >= 0.6 is 0 Å². The molecule has 2 heterocycles. The zero-order valence-electron chi connectivity index (χ0n) is 13.7. The summed E-state index contributed by atoms with van der Waals surface area (Å²) in [4.78, 5) is 25.1. The molecule has 2 aliphatic carbocycles. The summed E-state index contributed by atoms with van der Waals surface area (Å²) in [6.45, 7) is 3.85. The predicted octanol–water partition coefficient (Wildman–Crippen LogP) is 2.73. The van der Waals surface area contributed by atoms with E-state index in [1.807, 2.05) is 19.9 Å². The number of rotatable bonds is 1. The lowest BCUT2D eigenvalue weighted by atomic mass is 9.49. The standard InChI is InChI=1S/C19H20O5/c1-18-7-5-12-17(22)24-14(11-6-8-23-10-11)9-19(12,2)16(18)13(20)3-4-15(18)21/h3-6,8,10,13-14,16,20H,7,9H2,1-2H3. The van der Waals surface area contributed by atoms with Gasteiger partial charge in [-0.15, -0.1) is 0 Å². The first-order valence-electron chi connectivity index (χ1n) is 8.21. The molecule has 24 heavy (non-hydrogen) atoms. The van der Waals surface area contributed by atoms with Crippen LogP contribution < -0.4 is 0 Å². The van der Waals surface area contributed by atoms with Crippen molar-refractivity contribution in [1.29, 1.82) is 0 Å². The Morgan fingerprint density at radius 2 is 2.04 bits per heavy atom. The Bertz CT molecular complexity index is 759. The first-order chi connectivity index (χ1) is 11.4. The minimum absolute atomic E-state index is 0.00752. The highest BCUT2D eigenvalue weighted by molar-refractivity contribution is 5.98. The molecule has 5 unspecified atom stereocenters. The van der Waals surface area contributed by atoms with Gasteiger partial charge in [0.25, 0.3) is 0 Å². The molecule has 3 aliphatic rings. The quantitative estimate of drug-likeness (QED) is 0.802. The summed E-state index contributed by atoms with van der Waals surface area (Å²) >= 11 is 0. The zero-order chi connectivity index (χ0) is 17.1. The molecule has 1 aromatic heterocycles. The third kappa shape index (κ3) is 1.91. The highest BCUT2D eigenvalue weighted by atomic mass is 16.5. The molecule has 5 nitrogen and oxygen atoms in total. The van der Waals surface area contributed by atoms with E-state index in [1.54, 1.807) is 24.7 Å². The molecule has 4 rings (SSSR count). The lowest BCUT2D eigenvalue weighted by molar-refractivity contribution is -0.163. The first kappa shape index (κ1) is 15.4. The van der Waals surface area contributed by atoms with E-state index in [-0.39, 0.29) is 17.7 Å². The fourth-order valence-corrected chi connectivity index (χ4v) is 4.86. The van der Waals surface area contributed by atoms with Gasteiger partial charge in [-0.05, 0) is 25.0 Å². The van der Waals surface area contributed by atoms with Gasteiger partial charge in [-0.1, -0.05) is 26.0 Å². The van der Waals surface area contributed by atoms with Gasteiger partial charge < -0.3 is 14.3 Å². The molecule has 0 spiro atoms. The van der Waals surface area contributed by atoms with E-state index >= 15 is 0 Å². The molecule has 0 bridgehead atoms. The summed E-state index contributed by atoms with van der Waals surface area (Å²) in [6.07, 6.45) is 7.72. The normalized spacial score (nSPS) is 41.3. The van der Waals surface area contributed by atoms with E-state index in [1.165, 1.54) is 6.08 Å². The van der Waals surface area contributed by atoms with Gasteiger partial charge in [-0.25, -0.2) is 4.79 Å². The van der Waals surface area contributed by atoms with Crippen molar-refractivity contribution in [3.63, 3.8) is 0 Å². The molecule has 1 saturated heterocycles. The maximum absolute atomic E-state index is 12.6. The van der Waals surface area contributed by atoms with Crippen molar-refractivity contribution in [3.8, 4) is 0 Å². The minimum atomic E-state index is -0.766. The van der Waals surface area contributed by atoms with Gasteiger partial charge in [0.15, 0.2) is 5.78 Å². The topological polar surface area (TPSA) is 76.7 Å². The average molecular weight is 328 g/mol. The third-order valence-corrected chi connectivity index (χ3v) is 6.06. The number of allylic oxidation sites excluding steroid dienone is 2. The minimum Gasteiger partial charge on any atom is -0.472 e. The molecule has 0 radical (unpaired) electrons. The van der Waals surface area contributed by atoms with Crippen molar-refractivity contribution in [1.82, 2.24) is 0 Å². The van der Waals surface area contributed by atoms with Crippen molar-refractivity contribution in [2.24, 2.45) is 16.7 Å². The van der Waals surface area contributed by atoms with Crippen LogP contribution in [0, 0.1) is 16.7 Å². The Hall–Kier alpha value is -2.14. The van der Waals surface area contributed by atoms with Gasteiger partial charge in [-0.2, -0.15) is 0 Å². The summed E-state index contributed by atoms with van der Waals surface area (Å²) in [5.41, 5.74) is 0.0321.